The van der Waals surface area contributed by atoms with Crippen LogP contribution in [0.15, 0.2) is 24.3 Å². The maximum absolute atomic E-state index is 11.8. The van der Waals surface area contributed by atoms with Crippen molar-refractivity contribution < 1.29 is 38.0 Å². The molecule has 0 saturated carbocycles. The summed E-state index contributed by atoms with van der Waals surface area (Å²) >= 11 is 0. The molecule has 1 aromatic rings. The SMILES string of the molecule is CNC(=O)CCCCCNC(=O)c1cccc(C(=O)O)c1.[CH3-].[V]. The van der Waals surface area contributed by atoms with E-state index in [-0.39, 0.29) is 43.4 Å². The van der Waals surface area contributed by atoms with Gasteiger partial charge < -0.3 is 23.2 Å². The number of benzene rings is 1. The van der Waals surface area contributed by atoms with E-state index in [1.807, 2.05) is 0 Å². The van der Waals surface area contributed by atoms with Gasteiger partial charge in [-0.3, -0.25) is 9.59 Å². The number of nitrogens with one attached hydrogen (secondary N) is 2. The molecule has 0 heterocycles. The molecule has 1 rings (SSSR count). The minimum Gasteiger partial charge on any atom is -0.478 e. The standard InChI is InChI=1S/C15H20N2O4.CH3.V/c1-16-13(18)8-3-2-4-9-17-14(19)11-6-5-7-12(10-11)15(20)21;;/h5-7,10H,2-4,8-9H2,1H3,(H,16,18)(H,17,19)(H,20,21);1H3;/q;-1;. The van der Waals surface area contributed by atoms with Gasteiger partial charge in [0, 0.05) is 44.1 Å². The van der Waals surface area contributed by atoms with E-state index in [1.54, 1.807) is 19.2 Å². The van der Waals surface area contributed by atoms with Gasteiger partial charge in [-0.05, 0) is 31.0 Å². The Balaban J connectivity index is 0. The van der Waals surface area contributed by atoms with Gasteiger partial charge in [-0.25, -0.2) is 4.79 Å². The Hall–Kier alpha value is -1.79. The Morgan fingerprint density at radius 2 is 1.74 bits per heavy atom. The van der Waals surface area contributed by atoms with E-state index in [9.17, 15) is 14.4 Å². The number of carbonyl (C=O) groups is 3. The van der Waals surface area contributed by atoms with E-state index >= 15 is 0 Å². The summed E-state index contributed by atoms with van der Waals surface area (Å²) in [6, 6.07) is 5.91. The molecule has 0 unspecified atom stereocenters. The van der Waals surface area contributed by atoms with Crippen molar-refractivity contribution in [3.63, 3.8) is 0 Å². The maximum Gasteiger partial charge on any atom is 0.335 e. The minimum atomic E-state index is -1.06. The van der Waals surface area contributed by atoms with Gasteiger partial charge in [-0.1, -0.05) is 12.5 Å². The molecule has 0 atom stereocenters. The molecule has 0 spiro atoms. The average molecular weight is 358 g/mol. The van der Waals surface area contributed by atoms with Gasteiger partial charge in [0.2, 0.25) is 5.91 Å². The minimum absolute atomic E-state index is 0. The van der Waals surface area contributed by atoms with Gasteiger partial charge in [-0.15, -0.1) is 0 Å². The molecular formula is C16H23N2O4V-. The first-order chi connectivity index (χ1) is 10.0. The van der Waals surface area contributed by atoms with Crippen LogP contribution in [-0.4, -0.2) is 36.5 Å². The molecule has 127 valence electrons. The molecular weight excluding hydrogens is 335 g/mol. The molecule has 0 aliphatic carbocycles. The quantitative estimate of drug-likeness (QED) is 0.488. The molecule has 0 aromatic heterocycles. The number of hydrogen-bond acceptors (Lipinski definition) is 3. The van der Waals surface area contributed by atoms with Crippen molar-refractivity contribution in [2.45, 2.75) is 25.7 Å². The van der Waals surface area contributed by atoms with Crippen molar-refractivity contribution in [3.8, 4) is 0 Å². The van der Waals surface area contributed by atoms with Crippen LogP contribution in [-0.2, 0) is 23.4 Å². The smallest absolute Gasteiger partial charge is 0.335 e. The zero-order valence-electron chi connectivity index (χ0n) is 13.5. The van der Waals surface area contributed by atoms with Crippen LogP contribution in [0.3, 0.4) is 0 Å². The predicted octanol–water partition coefficient (Wildman–Crippen LogP) is 1.87. The fourth-order valence-corrected chi connectivity index (χ4v) is 1.81. The summed E-state index contributed by atoms with van der Waals surface area (Å²) in [4.78, 5) is 33.7. The van der Waals surface area contributed by atoms with E-state index < -0.39 is 5.97 Å². The van der Waals surface area contributed by atoms with E-state index in [0.29, 0.717) is 18.5 Å². The molecule has 1 radical (unpaired) electrons. The Bertz CT molecular complexity index is 521. The molecule has 23 heavy (non-hydrogen) atoms. The van der Waals surface area contributed by atoms with Crippen LogP contribution in [0.5, 0.6) is 0 Å². The van der Waals surface area contributed by atoms with Gasteiger partial charge in [0.05, 0.1) is 5.56 Å². The first kappa shape index (κ1) is 23.5. The van der Waals surface area contributed by atoms with Crippen LogP contribution in [0.1, 0.15) is 46.4 Å². The Kier molecular flexibility index (Phi) is 13.0. The molecule has 0 aliphatic rings. The number of carboxylic acids is 1. The summed E-state index contributed by atoms with van der Waals surface area (Å²) < 4.78 is 0. The van der Waals surface area contributed by atoms with Crippen molar-refractivity contribution in [1.29, 1.82) is 0 Å². The fraction of sp³-hybridized carbons (Fsp3) is 0.375. The zero-order valence-corrected chi connectivity index (χ0v) is 14.9. The van der Waals surface area contributed by atoms with Gasteiger partial charge in [0.15, 0.2) is 0 Å². The van der Waals surface area contributed by atoms with Gasteiger partial charge in [-0.2, -0.15) is 0 Å². The predicted molar refractivity (Wildman–Crippen MR) is 84.7 cm³/mol. The normalized spacial score (nSPS) is 9.09. The number of carbonyl (C=O) groups excluding carboxylic acids is 2. The zero-order chi connectivity index (χ0) is 15.7. The van der Waals surface area contributed by atoms with Gasteiger partial charge >= 0.3 is 5.97 Å². The topological polar surface area (TPSA) is 95.5 Å². The summed E-state index contributed by atoms with van der Waals surface area (Å²) in [6.07, 6.45) is 2.90. The van der Waals surface area contributed by atoms with Crippen LogP contribution < -0.4 is 10.6 Å². The second kappa shape index (κ2) is 12.7. The largest absolute Gasteiger partial charge is 0.478 e. The van der Waals surface area contributed by atoms with Crippen molar-refractivity contribution in [1.82, 2.24) is 10.6 Å². The van der Waals surface area contributed by atoms with Crippen LogP contribution in [0.25, 0.3) is 0 Å². The molecule has 0 bridgehead atoms. The fourth-order valence-electron chi connectivity index (χ4n) is 1.81. The van der Waals surface area contributed by atoms with Gasteiger partial charge in [0.25, 0.3) is 5.91 Å². The summed E-state index contributed by atoms with van der Waals surface area (Å²) in [5, 5.41) is 14.2. The third-order valence-electron chi connectivity index (χ3n) is 3.02. The number of unbranched alkanes of at least 4 members (excludes halogenated alkanes) is 2. The molecule has 1 aromatic carbocycles. The summed E-state index contributed by atoms with van der Waals surface area (Å²) in [5.74, 6) is -1.33. The third kappa shape index (κ3) is 9.06. The van der Waals surface area contributed by atoms with E-state index in [1.165, 1.54) is 12.1 Å². The Labute approximate surface area is 148 Å². The van der Waals surface area contributed by atoms with Crippen LogP contribution in [0.2, 0.25) is 0 Å². The Morgan fingerprint density at radius 3 is 2.35 bits per heavy atom. The van der Waals surface area contributed by atoms with Crippen LogP contribution in [0.4, 0.5) is 0 Å². The number of aromatic carboxylic acids is 1. The van der Waals surface area contributed by atoms with Crippen molar-refractivity contribution >= 4 is 17.8 Å². The molecule has 7 heteroatoms. The average Bonchev–Trinajstić information content (AvgIpc) is 2.50. The molecule has 2 amide bonds. The number of carboxylic acid groups (broad SMARTS) is 1. The molecule has 3 N–H and O–H groups in total. The second-order valence-electron chi connectivity index (χ2n) is 4.63. The first-order valence-corrected chi connectivity index (χ1v) is 6.86. The molecule has 0 saturated heterocycles. The van der Waals surface area contributed by atoms with E-state index in [2.05, 4.69) is 10.6 Å². The molecule has 0 fully saturated rings. The molecule has 0 aliphatic heterocycles. The molecule has 6 nitrogen and oxygen atoms in total. The first-order valence-electron chi connectivity index (χ1n) is 6.86. The van der Waals surface area contributed by atoms with E-state index in [0.717, 1.165) is 19.3 Å². The van der Waals surface area contributed by atoms with Gasteiger partial charge in [0.1, 0.15) is 0 Å². The Morgan fingerprint density at radius 1 is 1.09 bits per heavy atom. The monoisotopic (exact) mass is 358 g/mol. The summed E-state index contributed by atoms with van der Waals surface area (Å²) in [7, 11) is 1.60. The van der Waals surface area contributed by atoms with Crippen LogP contribution >= 0.6 is 0 Å². The number of rotatable bonds is 8. The third-order valence-corrected chi connectivity index (χ3v) is 3.02. The second-order valence-corrected chi connectivity index (χ2v) is 4.63. The van der Waals surface area contributed by atoms with Crippen molar-refractivity contribution in [2.24, 2.45) is 0 Å². The summed E-state index contributed by atoms with van der Waals surface area (Å²) in [6.45, 7) is 0.504. The summed E-state index contributed by atoms with van der Waals surface area (Å²) in [5.41, 5.74) is 0.425. The van der Waals surface area contributed by atoms with Crippen LogP contribution in [0, 0.1) is 7.43 Å². The van der Waals surface area contributed by atoms with Crippen molar-refractivity contribution in [3.05, 3.63) is 42.8 Å². The number of amides is 2. The van der Waals surface area contributed by atoms with E-state index in [4.69, 9.17) is 5.11 Å². The van der Waals surface area contributed by atoms with Crippen molar-refractivity contribution in [2.75, 3.05) is 13.6 Å². The maximum atomic E-state index is 11.8. The number of hydrogen-bond donors (Lipinski definition) is 3.